The van der Waals surface area contributed by atoms with Crippen LogP contribution in [0.3, 0.4) is 0 Å². The fourth-order valence-electron chi connectivity index (χ4n) is 1.38. The molecule has 0 amide bonds. The van der Waals surface area contributed by atoms with E-state index in [0.717, 1.165) is 10.6 Å². The van der Waals surface area contributed by atoms with Crippen molar-refractivity contribution < 1.29 is 0 Å². The number of aromatic nitrogens is 2. The first-order valence-corrected chi connectivity index (χ1v) is 5.96. The quantitative estimate of drug-likeness (QED) is 0.478. The second-order valence-corrected chi connectivity index (χ2v) is 5.37. The summed E-state index contributed by atoms with van der Waals surface area (Å²) in [6.45, 7) is 8.17. The topological polar surface area (TPSA) is 63.8 Å². The van der Waals surface area contributed by atoms with Gasteiger partial charge in [-0.05, 0) is 18.5 Å². The molecule has 1 unspecified atom stereocenters. The zero-order chi connectivity index (χ0) is 12.2. The lowest BCUT2D eigenvalue weighted by Crippen LogP contribution is -2.29. The van der Waals surface area contributed by atoms with Crippen molar-refractivity contribution in [1.82, 2.24) is 15.0 Å². The molecule has 3 N–H and O–H groups in total. The van der Waals surface area contributed by atoms with Gasteiger partial charge < -0.3 is 0 Å². The first kappa shape index (κ1) is 13.1. The second kappa shape index (κ2) is 5.39. The summed E-state index contributed by atoms with van der Waals surface area (Å²) in [5.41, 5.74) is 3.76. The molecule has 1 rings (SSSR count). The molecule has 88 valence electrons. The molecule has 4 nitrogen and oxygen atoms in total. The average Bonchev–Trinajstić information content (AvgIpc) is 2.67. The van der Waals surface area contributed by atoms with Crippen LogP contribution in [0, 0.1) is 11.8 Å². The lowest BCUT2D eigenvalue weighted by Gasteiger charge is -2.20. The molecule has 0 saturated heterocycles. The molecule has 0 aromatic carbocycles. The van der Waals surface area contributed by atoms with Crippen molar-refractivity contribution >= 4 is 11.5 Å². The summed E-state index contributed by atoms with van der Waals surface area (Å²) in [4.78, 5) is 1.08. The van der Waals surface area contributed by atoms with Crippen molar-refractivity contribution in [3.8, 4) is 11.8 Å². The van der Waals surface area contributed by atoms with E-state index in [-0.39, 0.29) is 11.5 Å². The summed E-state index contributed by atoms with van der Waals surface area (Å²) in [7, 11) is 0. The fraction of sp³-hybridized carbons (Fsp3) is 0.636. The summed E-state index contributed by atoms with van der Waals surface area (Å²) in [5.74, 6) is 11.4. The van der Waals surface area contributed by atoms with Crippen LogP contribution >= 0.6 is 11.5 Å². The van der Waals surface area contributed by atoms with Gasteiger partial charge in [0.15, 0.2) is 0 Å². The van der Waals surface area contributed by atoms with Crippen molar-refractivity contribution in [3.63, 3.8) is 0 Å². The van der Waals surface area contributed by atoms with Gasteiger partial charge in [0.25, 0.3) is 0 Å². The first-order valence-electron chi connectivity index (χ1n) is 5.19. The Morgan fingerprint density at radius 3 is 2.69 bits per heavy atom. The standard InChI is InChI=1S/C11H18N4S/c1-5-6-7-8(13-12)9-10(11(2,3)4)14-15-16-9/h8,13H,7,12H2,1-4H3. The molecule has 0 spiro atoms. The maximum atomic E-state index is 5.55. The van der Waals surface area contributed by atoms with Gasteiger partial charge in [-0.3, -0.25) is 11.3 Å². The maximum Gasteiger partial charge on any atom is 0.0857 e. The van der Waals surface area contributed by atoms with Gasteiger partial charge in [0.2, 0.25) is 0 Å². The number of hydrogen-bond donors (Lipinski definition) is 2. The van der Waals surface area contributed by atoms with Crippen LogP contribution in [0.4, 0.5) is 0 Å². The van der Waals surface area contributed by atoms with Gasteiger partial charge in [-0.2, -0.15) is 0 Å². The van der Waals surface area contributed by atoms with Gasteiger partial charge in [0, 0.05) is 11.8 Å². The third kappa shape index (κ3) is 3.01. The number of nitrogens with one attached hydrogen (secondary N) is 1. The highest BCUT2D eigenvalue weighted by molar-refractivity contribution is 7.05. The van der Waals surface area contributed by atoms with Crippen LogP contribution in [0.25, 0.3) is 0 Å². The van der Waals surface area contributed by atoms with E-state index in [1.807, 2.05) is 6.92 Å². The largest absolute Gasteiger partial charge is 0.271 e. The third-order valence-electron chi connectivity index (χ3n) is 2.22. The normalized spacial score (nSPS) is 13.1. The van der Waals surface area contributed by atoms with E-state index in [1.165, 1.54) is 11.5 Å². The van der Waals surface area contributed by atoms with E-state index < -0.39 is 0 Å². The van der Waals surface area contributed by atoms with Crippen LogP contribution in [-0.4, -0.2) is 9.59 Å². The van der Waals surface area contributed by atoms with Crippen molar-refractivity contribution in [2.24, 2.45) is 5.84 Å². The van der Waals surface area contributed by atoms with E-state index in [4.69, 9.17) is 5.84 Å². The third-order valence-corrected chi connectivity index (χ3v) is 3.06. The molecular weight excluding hydrogens is 220 g/mol. The first-order chi connectivity index (χ1) is 7.50. The lowest BCUT2D eigenvalue weighted by molar-refractivity contribution is 0.523. The van der Waals surface area contributed by atoms with Crippen molar-refractivity contribution in [1.29, 1.82) is 0 Å². The Labute approximate surface area is 101 Å². The fourth-order valence-corrected chi connectivity index (χ4v) is 2.30. The molecule has 1 aromatic heterocycles. The molecule has 16 heavy (non-hydrogen) atoms. The van der Waals surface area contributed by atoms with E-state index >= 15 is 0 Å². The van der Waals surface area contributed by atoms with Gasteiger partial charge >= 0.3 is 0 Å². The Hall–Kier alpha value is -0.960. The van der Waals surface area contributed by atoms with E-state index in [1.54, 1.807) is 0 Å². The molecule has 0 fully saturated rings. The molecular formula is C11H18N4S. The zero-order valence-electron chi connectivity index (χ0n) is 10.2. The van der Waals surface area contributed by atoms with Crippen LogP contribution in [-0.2, 0) is 5.41 Å². The van der Waals surface area contributed by atoms with Crippen LogP contribution in [0.15, 0.2) is 0 Å². The summed E-state index contributed by atoms with van der Waals surface area (Å²) in [6.07, 6.45) is 0.681. The average molecular weight is 238 g/mol. The number of hydrazine groups is 1. The molecule has 0 radical (unpaired) electrons. The monoisotopic (exact) mass is 238 g/mol. The minimum Gasteiger partial charge on any atom is -0.271 e. The summed E-state index contributed by atoms with van der Waals surface area (Å²) >= 11 is 1.39. The van der Waals surface area contributed by atoms with E-state index in [9.17, 15) is 0 Å². The Kier molecular flexibility index (Phi) is 4.42. The minimum absolute atomic E-state index is 0.0154. The molecule has 0 aliphatic rings. The maximum absolute atomic E-state index is 5.55. The van der Waals surface area contributed by atoms with Crippen molar-refractivity contribution in [2.75, 3.05) is 0 Å². The van der Waals surface area contributed by atoms with Crippen molar-refractivity contribution in [2.45, 2.75) is 45.6 Å². The van der Waals surface area contributed by atoms with Gasteiger partial charge in [-0.1, -0.05) is 25.3 Å². The highest BCUT2D eigenvalue weighted by atomic mass is 32.1. The molecule has 0 aliphatic heterocycles. The number of hydrogen-bond acceptors (Lipinski definition) is 5. The molecule has 0 bridgehead atoms. The molecule has 0 saturated carbocycles. The van der Waals surface area contributed by atoms with Crippen molar-refractivity contribution in [3.05, 3.63) is 10.6 Å². The molecule has 1 atom stereocenters. The van der Waals surface area contributed by atoms with Gasteiger partial charge in [-0.15, -0.1) is 16.9 Å². The van der Waals surface area contributed by atoms with Crippen LogP contribution in [0.1, 0.15) is 50.7 Å². The highest BCUT2D eigenvalue weighted by Gasteiger charge is 2.26. The summed E-state index contributed by atoms with van der Waals surface area (Å²) in [6, 6.07) is 0.0154. The van der Waals surface area contributed by atoms with Gasteiger partial charge in [0.1, 0.15) is 0 Å². The predicted molar refractivity (Wildman–Crippen MR) is 66.7 cm³/mol. The smallest absolute Gasteiger partial charge is 0.0857 e. The lowest BCUT2D eigenvalue weighted by atomic mass is 9.90. The Morgan fingerprint density at radius 1 is 1.50 bits per heavy atom. The second-order valence-electron chi connectivity index (χ2n) is 4.59. The van der Waals surface area contributed by atoms with Crippen LogP contribution < -0.4 is 11.3 Å². The molecule has 1 heterocycles. The van der Waals surface area contributed by atoms with Crippen LogP contribution in [0.2, 0.25) is 0 Å². The predicted octanol–water partition coefficient (Wildman–Crippen LogP) is 1.75. The van der Waals surface area contributed by atoms with E-state index in [0.29, 0.717) is 6.42 Å². The molecule has 1 aromatic rings. The summed E-state index contributed by atoms with van der Waals surface area (Å²) in [5, 5.41) is 4.19. The Balaban J connectivity index is 3.00. The number of nitrogens with zero attached hydrogens (tertiary/aromatic N) is 2. The Morgan fingerprint density at radius 2 is 2.19 bits per heavy atom. The van der Waals surface area contributed by atoms with E-state index in [2.05, 4.69) is 47.6 Å². The molecule has 0 aliphatic carbocycles. The zero-order valence-corrected chi connectivity index (χ0v) is 11.0. The number of rotatable bonds is 3. The Bertz CT molecular complexity index is 394. The van der Waals surface area contributed by atoms with Gasteiger partial charge in [0.05, 0.1) is 16.6 Å². The van der Waals surface area contributed by atoms with Gasteiger partial charge in [-0.25, -0.2) is 0 Å². The highest BCUT2D eigenvalue weighted by Crippen LogP contribution is 2.31. The minimum atomic E-state index is -0.0168. The van der Waals surface area contributed by atoms with Crippen LogP contribution in [0.5, 0.6) is 0 Å². The summed E-state index contributed by atoms with van der Waals surface area (Å²) < 4.78 is 4.01. The number of nitrogens with two attached hydrogens (primary N) is 1. The molecule has 5 heteroatoms. The SMILES string of the molecule is CC#CCC(NN)c1snnc1C(C)(C)C.